The van der Waals surface area contributed by atoms with Crippen LogP contribution >= 0.6 is 11.3 Å². The average Bonchev–Trinajstić information content (AvgIpc) is 2.82. The van der Waals surface area contributed by atoms with E-state index in [9.17, 15) is 4.79 Å². The number of thiophene rings is 1. The minimum Gasteiger partial charge on any atom is -0.333 e. The third kappa shape index (κ3) is 0.929. The van der Waals surface area contributed by atoms with Crippen LogP contribution in [0.25, 0.3) is 16.0 Å². The van der Waals surface area contributed by atoms with Crippen molar-refractivity contribution in [1.29, 1.82) is 0 Å². The fraction of sp³-hybridized carbons (Fsp3) is 0.222. The molecule has 0 bridgehead atoms. The first-order valence-electron chi connectivity index (χ1n) is 4.71. The Bertz CT molecular complexity index is 765. The Kier molecular flexibility index (Phi) is 1.65. The standard InChI is InChI=1S/C9H9N5OS/c1-4-5(2)16-8-6(4)7(15)14(10)9-12-11-3-13(8)9/h3H,10H2,1-2H3. The monoisotopic (exact) mass is 235 g/mol. The van der Waals surface area contributed by atoms with E-state index < -0.39 is 0 Å². The Morgan fingerprint density at radius 1 is 1.44 bits per heavy atom. The molecule has 3 rings (SSSR count). The summed E-state index contributed by atoms with van der Waals surface area (Å²) in [7, 11) is 0. The van der Waals surface area contributed by atoms with Gasteiger partial charge in [-0.3, -0.25) is 9.20 Å². The summed E-state index contributed by atoms with van der Waals surface area (Å²) in [5.41, 5.74) is 0.747. The molecule has 0 aliphatic rings. The highest BCUT2D eigenvalue weighted by Gasteiger charge is 2.15. The summed E-state index contributed by atoms with van der Waals surface area (Å²) < 4.78 is 2.77. The topological polar surface area (TPSA) is 78.2 Å². The first-order chi connectivity index (χ1) is 7.61. The molecule has 16 heavy (non-hydrogen) atoms. The maximum Gasteiger partial charge on any atom is 0.282 e. The molecule has 2 N–H and O–H groups in total. The molecule has 3 aromatic rings. The fourth-order valence-corrected chi connectivity index (χ4v) is 2.89. The van der Waals surface area contributed by atoms with Crippen molar-refractivity contribution in [2.45, 2.75) is 13.8 Å². The van der Waals surface area contributed by atoms with Crippen molar-refractivity contribution in [1.82, 2.24) is 19.3 Å². The van der Waals surface area contributed by atoms with E-state index in [1.165, 1.54) is 0 Å². The first kappa shape index (κ1) is 9.34. The molecule has 82 valence electrons. The molecule has 0 saturated carbocycles. The maximum atomic E-state index is 12.0. The zero-order valence-electron chi connectivity index (χ0n) is 8.76. The molecular weight excluding hydrogens is 226 g/mol. The van der Waals surface area contributed by atoms with Crippen LogP contribution in [-0.2, 0) is 0 Å². The summed E-state index contributed by atoms with van der Waals surface area (Å²) >= 11 is 1.55. The number of hydrogen-bond donors (Lipinski definition) is 1. The number of hydrogen-bond acceptors (Lipinski definition) is 5. The van der Waals surface area contributed by atoms with Gasteiger partial charge < -0.3 is 5.84 Å². The number of nitrogens with zero attached hydrogens (tertiary/aromatic N) is 4. The average molecular weight is 235 g/mol. The summed E-state index contributed by atoms with van der Waals surface area (Å²) in [6.45, 7) is 3.91. The number of rotatable bonds is 0. The van der Waals surface area contributed by atoms with Crippen molar-refractivity contribution in [2.75, 3.05) is 5.84 Å². The first-order valence-corrected chi connectivity index (χ1v) is 5.52. The molecule has 0 aliphatic heterocycles. The van der Waals surface area contributed by atoms with E-state index in [1.54, 1.807) is 22.1 Å². The van der Waals surface area contributed by atoms with Crippen molar-refractivity contribution in [3.05, 3.63) is 27.1 Å². The Morgan fingerprint density at radius 2 is 2.19 bits per heavy atom. The molecule has 0 amide bonds. The van der Waals surface area contributed by atoms with Crippen molar-refractivity contribution in [2.24, 2.45) is 0 Å². The van der Waals surface area contributed by atoms with Crippen molar-refractivity contribution >= 4 is 27.3 Å². The molecule has 6 nitrogen and oxygen atoms in total. The predicted molar refractivity (Wildman–Crippen MR) is 62.3 cm³/mol. The zero-order chi connectivity index (χ0) is 11.4. The van der Waals surface area contributed by atoms with Gasteiger partial charge in [0.1, 0.15) is 11.2 Å². The number of nitrogen functional groups attached to an aromatic ring is 1. The van der Waals surface area contributed by atoms with Gasteiger partial charge in [-0.25, -0.2) is 0 Å². The molecule has 0 aliphatic carbocycles. The van der Waals surface area contributed by atoms with Gasteiger partial charge in [-0.05, 0) is 19.4 Å². The largest absolute Gasteiger partial charge is 0.333 e. The normalized spacial score (nSPS) is 11.6. The van der Waals surface area contributed by atoms with Crippen LogP contribution in [0.3, 0.4) is 0 Å². The van der Waals surface area contributed by atoms with Crippen LogP contribution < -0.4 is 11.4 Å². The zero-order valence-corrected chi connectivity index (χ0v) is 9.58. The Balaban J connectivity index is 2.77. The summed E-state index contributed by atoms with van der Waals surface area (Å²) in [5.74, 6) is 6.05. The summed E-state index contributed by atoms with van der Waals surface area (Å²) in [6.07, 6.45) is 1.57. The smallest absolute Gasteiger partial charge is 0.282 e. The third-order valence-corrected chi connectivity index (χ3v) is 3.97. The van der Waals surface area contributed by atoms with Crippen LogP contribution in [0.15, 0.2) is 11.1 Å². The second kappa shape index (κ2) is 2.82. The van der Waals surface area contributed by atoms with Crippen LogP contribution in [0.2, 0.25) is 0 Å². The van der Waals surface area contributed by atoms with Gasteiger partial charge in [0.2, 0.25) is 0 Å². The lowest BCUT2D eigenvalue weighted by molar-refractivity contribution is 0.926. The Labute approximate surface area is 93.9 Å². The highest BCUT2D eigenvalue weighted by Crippen LogP contribution is 2.27. The van der Waals surface area contributed by atoms with Crippen LogP contribution in [0.1, 0.15) is 10.4 Å². The van der Waals surface area contributed by atoms with E-state index in [2.05, 4.69) is 10.2 Å². The highest BCUT2D eigenvalue weighted by atomic mass is 32.1. The summed E-state index contributed by atoms with van der Waals surface area (Å²) in [4.78, 5) is 14.0. The molecule has 0 spiro atoms. The maximum absolute atomic E-state index is 12.0. The van der Waals surface area contributed by atoms with Gasteiger partial charge in [-0.1, -0.05) is 0 Å². The molecule has 0 radical (unpaired) electrons. The molecule has 0 saturated heterocycles. The van der Waals surface area contributed by atoms with Gasteiger partial charge >= 0.3 is 0 Å². The number of fused-ring (bicyclic) bond motifs is 3. The van der Waals surface area contributed by atoms with Gasteiger partial charge in [-0.15, -0.1) is 21.5 Å². The highest BCUT2D eigenvalue weighted by molar-refractivity contribution is 7.18. The second-order valence-electron chi connectivity index (χ2n) is 3.64. The quantitative estimate of drug-likeness (QED) is 0.573. The van der Waals surface area contributed by atoms with E-state index in [-0.39, 0.29) is 5.56 Å². The van der Waals surface area contributed by atoms with Crippen molar-refractivity contribution in [3.8, 4) is 0 Å². The lowest BCUT2D eigenvalue weighted by atomic mass is 10.2. The van der Waals surface area contributed by atoms with Crippen molar-refractivity contribution in [3.63, 3.8) is 0 Å². The molecule has 0 fully saturated rings. The van der Waals surface area contributed by atoms with Crippen LogP contribution in [-0.4, -0.2) is 19.3 Å². The van der Waals surface area contributed by atoms with Crippen molar-refractivity contribution < 1.29 is 0 Å². The van der Waals surface area contributed by atoms with E-state index in [0.717, 1.165) is 19.9 Å². The SMILES string of the molecule is Cc1sc2c(c1C)c(=O)n(N)c1nncn21. The lowest BCUT2D eigenvalue weighted by Gasteiger charge is -2.01. The van der Waals surface area contributed by atoms with Crippen LogP contribution in [0.4, 0.5) is 0 Å². The van der Waals surface area contributed by atoms with Gasteiger partial charge in [-0.2, -0.15) is 4.68 Å². The Hall–Kier alpha value is -1.89. The van der Waals surface area contributed by atoms with Crippen LogP contribution in [0, 0.1) is 13.8 Å². The minimum atomic E-state index is -0.225. The predicted octanol–water partition coefficient (Wildman–Crippen LogP) is 0.436. The summed E-state index contributed by atoms with van der Waals surface area (Å²) in [6, 6.07) is 0. The van der Waals surface area contributed by atoms with Gasteiger partial charge in [0, 0.05) is 4.88 Å². The van der Waals surface area contributed by atoms with E-state index in [0.29, 0.717) is 11.2 Å². The third-order valence-electron chi connectivity index (χ3n) is 2.76. The molecular formula is C9H9N5OS. The molecule has 0 aromatic carbocycles. The van der Waals surface area contributed by atoms with Crippen LogP contribution in [0.5, 0.6) is 0 Å². The number of aromatic nitrogens is 4. The van der Waals surface area contributed by atoms with E-state index in [1.807, 2.05) is 13.8 Å². The Morgan fingerprint density at radius 3 is 2.94 bits per heavy atom. The summed E-state index contributed by atoms with van der Waals surface area (Å²) in [5, 5.41) is 8.25. The van der Waals surface area contributed by atoms with E-state index in [4.69, 9.17) is 5.84 Å². The molecule has 7 heteroatoms. The second-order valence-corrected chi connectivity index (χ2v) is 4.84. The number of nitrogens with two attached hydrogens (primary N) is 1. The lowest BCUT2D eigenvalue weighted by Crippen LogP contribution is -2.29. The molecule has 0 atom stereocenters. The number of aryl methyl sites for hydroxylation is 2. The fourth-order valence-electron chi connectivity index (χ4n) is 1.78. The molecule has 3 aromatic heterocycles. The van der Waals surface area contributed by atoms with Gasteiger partial charge in [0.05, 0.1) is 5.39 Å². The molecule has 3 heterocycles. The van der Waals surface area contributed by atoms with Gasteiger partial charge in [0.25, 0.3) is 11.3 Å². The molecule has 0 unspecified atom stereocenters. The van der Waals surface area contributed by atoms with E-state index >= 15 is 0 Å². The minimum absolute atomic E-state index is 0.225. The van der Waals surface area contributed by atoms with Gasteiger partial charge in [0.15, 0.2) is 0 Å².